The van der Waals surface area contributed by atoms with Gasteiger partial charge in [-0.05, 0) is 101 Å². The van der Waals surface area contributed by atoms with Gasteiger partial charge in [-0.3, -0.25) is 24.5 Å². The highest BCUT2D eigenvalue weighted by Crippen LogP contribution is 2.30. The van der Waals surface area contributed by atoms with Gasteiger partial charge in [0.1, 0.15) is 23.9 Å². The number of epoxide rings is 1. The van der Waals surface area contributed by atoms with Gasteiger partial charge in [-0.2, -0.15) is 0 Å². The lowest BCUT2D eigenvalue weighted by molar-refractivity contribution is -0.129. The van der Waals surface area contributed by atoms with Gasteiger partial charge < -0.3 is 86.7 Å². The van der Waals surface area contributed by atoms with E-state index in [1.807, 2.05) is 34.9 Å². The SMILES string of the molecule is CC(C)[C@H](NC1(CCOCCOCCOCCOCCNC(=O)[C@](C)(NC(=O)c2ccc(N)c(N)c2)[C@@H](C)CCCN(C)C)CO1)C(=O)NC(CCCNC(N)=O)C(=O)Nc1ccc(COC(=O)N2CCOCC2)cc1. The maximum Gasteiger partial charge on any atom is 0.410 e. The fourth-order valence-electron chi connectivity index (χ4n) is 8.00. The molecule has 0 radical (unpaired) electrons. The van der Waals surface area contributed by atoms with Crippen LogP contribution in [0.4, 0.5) is 26.7 Å². The average molecular weight is 1070 g/mol. The molecule has 2 aromatic rings. The molecule has 24 nitrogen and oxygen atoms in total. The first-order valence-corrected chi connectivity index (χ1v) is 26.2. The predicted molar refractivity (Wildman–Crippen MR) is 286 cm³/mol. The lowest BCUT2D eigenvalue weighted by Gasteiger charge is -2.35. The van der Waals surface area contributed by atoms with Gasteiger partial charge in [-0.15, -0.1) is 0 Å². The molecular formula is C52H85N11O13. The summed E-state index contributed by atoms with van der Waals surface area (Å²) in [5, 5.41) is 17.5. The zero-order chi connectivity index (χ0) is 55.5. The van der Waals surface area contributed by atoms with Gasteiger partial charge in [0.05, 0.1) is 90.1 Å². The van der Waals surface area contributed by atoms with Crippen molar-refractivity contribution in [3.63, 3.8) is 0 Å². The molecule has 2 aromatic carbocycles. The summed E-state index contributed by atoms with van der Waals surface area (Å²) in [5.41, 5.74) is 17.2. The number of carbonyl (C=O) groups excluding carboxylic acids is 6. The molecule has 426 valence electrons. The summed E-state index contributed by atoms with van der Waals surface area (Å²) in [5.74, 6) is -1.94. The maximum atomic E-state index is 13.8. The number of rotatable bonds is 36. The van der Waals surface area contributed by atoms with E-state index in [4.69, 9.17) is 50.4 Å². The number of anilines is 3. The molecule has 0 aromatic heterocycles. The van der Waals surface area contributed by atoms with Crippen LogP contribution in [0.15, 0.2) is 42.5 Å². The van der Waals surface area contributed by atoms with Crippen LogP contribution in [-0.4, -0.2) is 188 Å². The van der Waals surface area contributed by atoms with Gasteiger partial charge in [-0.1, -0.05) is 32.9 Å². The molecule has 0 saturated carbocycles. The maximum absolute atomic E-state index is 13.8. The fourth-order valence-corrected chi connectivity index (χ4v) is 8.00. The Hall–Kier alpha value is -5.86. The molecule has 0 bridgehead atoms. The van der Waals surface area contributed by atoms with Crippen molar-refractivity contribution in [2.24, 2.45) is 17.6 Å². The molecule has 7 amide bonds. The normalized spacial score (nSPS) is 17.2. The molecule has 12 N–H and O–H groups in total. The molecule has 0 aliphatic carbocycles. The zero-order valence-electron chi connectivity index (χ0n) is 45.3. The number of nitrogens with one attached hydrogen (secondary N) is 6. The van der Waals surface area contributed by atoms with Crippen LogP contribution in [-0.2, 0) is 54.1 Å². The number of carbonyl (C=O) groups is 6. The molecule has 4 rings (SSSR count). The molecule has 2 unspecified atom stereocenters. The van der Waals surface area contributed by atoms with Crippen molar-refractivity contribution >= 4 is 52.8 Å². The van der Waals surface area contributed by atoms with E-state index in [-0.39, 0.29) is 56.2 Å². The molecule has 0 spiro atoms. The standard InChI is InChI=1S/C52H85N11O13/c1-36(2)44(47(66)59-43(10-7-18-57-49(55)68)46(65)58-40-14-11-38(12-15-40)34-75-50(69)63-21-25-72-26-22-63)60-52(35-76-52)17-23-70-27-29-73-31-32-74-30-28-71-24-19-56-48(67)51(4,37(3)9-8-20-62(5)6)61-45(64)39-13-16-41(53)42(54)33-39/h11-16,33,36-37,43-44,60H,7-10,17-32,34-35,53-54H2,1-6H3,(H,56,67)(H,58,65)(H,59,66)(H,61,64)(H3,55,57,68)/t37-,43?,44-,51+,52?/m0/s1. The number of ether oxygens (including phenoxy) is 7. The second-order valence-electron chi connectivity index (χ2n) is 19.8. The number of urea groups is 1. The highest BCUT2D eigenvalue weighted by molar-refractivity contribution is 6.00. The predicted octanol–water partition coefficient (Wildman–Crippen LogP) is 1.77. The number of hydrogen-bond donors (Lipinski definition) is 9. The van der Waals surface area contributed by atoms with Crippen molar-refractivity contribution in [1.29, 1.82) is 0 Å². The highest BCUT2D eigenvalue weighted by Gasteiger charge is 2.48. The summed E-state index contributed by atoms with van der Waals surface area (Å²) in [4.78, 5) is 81.6. The van der Waals surface area contributed by atoms with Crippen LogP contribution in [0.3, 0.4) is 0 Å². The lowest BCUT2D eigenvalue weighted by Crippen LogP contribution is -2.61. The molecule has 2 fully saturated rings. The third-order valence-corrected chi connectivity index (χ3v) is 13.0. The van der Waals surface area contributed by atoms with Crippen LogP contribution < -0.4 is 49.1 Å². The van der Waals surface area contributed by atoms with Crippen LogP contribution >= 0.6 is 0 Å². The van der Waals surface area contributed by atoms with E-state index in [0.717, 1.165) is 18.5 Å². The van der Waals surface area contributed by atoms with Crippen LogP contribution in [0.25, 0.3) is 0 Å². The Bertz CT molecular complexity index is 2130. The Balaban J connectivity index is 1.10. The molecule has 2 aliphatic rings. The minimum absolute atomic E-state index is 0.0602. The van der Waals surface area contributed by atoms with Crippen LogP contribution in [0.5, 0.6) is 0 Å². The molecule has 5 atom stereocenters. The smallest absolute Gasteiger partial charge is 0.410 e. The van der Waals surface area contributed by atoms with Crippen LogP contribution in [0, 0.1) is 11.8 Å². The number of primary amides is 1. The third-order valence-electron chi connectivity index (χ3n) is 13.0. The lowest BCUT2D eigenvalue weighted by atomic mass is 9.82. The quantitative estimate of drug-likeness (QED) is 0.0267. The van der Waals surface area contributed by atoms with E-state index in [1.165, 1.54) is 6.07 Å². The van der Waals surface area contributed by atoms with Gasteiger partial charge in [0.2, 0.25) is 17.7 Å². The number of morpholine rings is 1. The average Bonchev–Trinajstić information content (AvgIpc) is 4.16. The fraction of sp³-hybridized carbons (Fsp3) is 0.654. The first kappa shape index (κ1) is 62.7. The van der Waals surface area contributed by atoms with Crippen molar-refractivity contribution in [3.05, 3.63) is 53.6 Å². The van der Waals surface area contributed by atoms with Gasteiger partial charge >= 0.3 is 12.1 Å². The third kappa shape index (κ3) is 22.4. The summed E-state index contributed by atoms with van der Waals surface area (Å²) < 4.78 is 39.3. The second-order valence-corrected chi connectivity index (χ2v) is 19.8. The number of nitrogen functional groups attached to an aromatic ring is 2. The molecule has 2 heterocycles. The van der Waals surface area contributed by atoms with Crippen molar-refractivity contribution in [1.82, 2.24) is 36.4 Å². The van der Waals surface area contributed by atoms with Crippen LogP contribution in [0.1, 0.15) is 75.7 Å². The van der Waals surface area contributed by atoms with Gasteiger partial charge in [0.25, 0.3) is 5.91 Å². The topological polar surface area (TPSA) is 327 Å². The summed E-state index contributed by atoms with van der Waals surface area (Å²) in [6.45, 7) is 13.7. The first-order valence-electron chi connectivity index (χ1n) is 26.2. The van der Waals surface area contributed by atoms with Crippen molar-refractivity contribution in [2.75, 3.05) is 136 Å². The number of nitrogens with two attached hydrogens (primary N) is 3. The number of benzene rings is 2. The Morgan fingerprint density at radius 2 is 1.42 bits per heavy atom. The molecule has 2 aliphatic heterocycles. The largest absolute Gasteiger partial charge is 0.445 e. The number of nitrogens with zero attached hydrogens (tertiary/aromatic N) is 2. The van der Waals surface area contributed by atoms with Gasteiger partial charge in [-0.25, -0.2) is 9.59 Å². The van der Waals surface area contributed by atoms with E-state index in [9.17, 15) is 28.8 Å². The first-order chi connectivity index (χ1) is 36.3. The Morgan fingerprint density at radius 3 is 2.01 bits per heavy atom. The second kappa shape index (κ2) is 32.7. The number of amides is 7. The van der Waals surface area contributed by atoms with Crippen molar-refractivity contribution in [3.8, 4) is 0 Å². The van der Waals surface area contributed by atoms with Gasteiger partial charge in [0, 0.05) is 43.9 Å². The van der Waals surface area contributed by atoms with E-state index >= 15 is 0 Å². The molecule has 2 saturated heterocycles. The van der Waals surface area contributed by atoms with E-state index in [0.29, 0.717) is 115 Å². The Kier molecular flexibility index (Phi) is 26.9. The molecule has 24 heteroatoms. The van der Waals surface area contributed by atoms with Crippen molar-refractivity contribution in [2.45, 2.75) is 89.8 Å². The highest BCUT2D eigenvalue weighted by atomic mass is 16.6. The van der Waals surface area contributed by atoms with Gasteiger partial charge in [0.15, 0.2) is 0 Å². The van der Waals surface area contributed by atoms with E-state index in [2.05, 4.69) is 36.8 Å². The summed E-state index contributed by atoms with van der Waals surface area (Å²) in [6.07, 6.45) is 2.19. The molecular weight excluding hydrogens is 987 g/mol. The Labute approximate surface area is 447 Å². The monoisotopic (exact) mass is 1070 g/mol. The summed E-state index contributed by atoms with van der Waals surface area (Å²) in [6, 6.07) is 9.14. The summed E-state index contributed by atoms with van der Waals surface area (Å²) >= 11 is 0. The summed E-state index contributed by atoms with van der Waals surface area (Å²) in [7, 11) is 3.98. The molecule has 76 heavy (non-hydrogen) atoms. The number of hydrogen-bond acceptors (Lipinski definition) is 17. The van der Waals surface area contributed by atoms with Crippen LogP contribution in [0.2, 0.25) is 0 Å². The Morgan fingerprint density at radius 1 is 0.789 bits per heavy atom. The van der Waals surface area contributed by atoms with E-state index in [1.54, 1.807) is 48.2 Å². The van der Waals surface area contributed by atoms with E-state index < -0.39 is 53.2 Å². The minimum atomic E-state index is -1.20. The zero-order valence-corrected chi connectivity index (χ0v) is 45.3. The van der Waals surface area contributed by atoms with Crippen molar-refractivity contribution < 1.29 is 61.9 Å². The minimum Gasteiger partial charge on any atom is -0.445 e.